The monoisotopic (exact) mass is 428 g/mol. The van der Waals surface area contributed by atoms with Crippen LogP contribution in [0.15, 0.2) is 36.0 Å². The molecule has 4 rings (SSSR count). The highest BCUT2D eigenvalue weighted by molar-refractivity contribution is 5.29. The second-order valence-corrected chi connectivity index (χ2v) is 12.1. The van der Waals surface area contributed by atoms with Gasteiger partial charge in [-0.25, -0.2) is 0 Å². The average Bonchev–Trinajstić information content (AvgIpc) is 3.03. The van der Waals surface area contributed by atoms with Crippen molar-refractivity contribution in [3.8, 4) is 0 Å². The first-order chi connectivity index (χ1) is 14.5. The van der Waals surface area contributed by atoms with Crippen molar-refractivity contribution in [1.29, 1.82) is 0 Å². The van der Waals surface area contributed by atoms with Gasteiger partial charge < -0.3 is 15.3 Å². The summed E-state index contributed by atoms with van der Waals surface area (Å²) >= 11 is 0. The van der Waals surface area contributed by atoms with Gasteiger partial charge in [-0.05, 0) is 73.0 Å². The second kappa shape index (κ2) is 8.15. The molecule has 0 bridgehead atoms. The second-order valence-electron chi connectivity index (χ2n) is 12.1. The lowest BCUT2D eigenvalue weighted by molar-refractivity contribution is -0.158. The highest BCUT2D eigenvalue weighted by atomic mass is 16.3. The molecule has 3 heteroatoms. The molecular weight excluding hydrogens is 384 g/mol. The zero-order valence-electron chi connectivity index (χ0n) is 20.2. The van der Waals surface area contributed by atoms with Gasteiger partial charge in [-0.15, -0.1) is 0 Å². The summed E-state index contributed by atoms with van der Waals surface area (Å²) in [5.74, 6) is 2.61. The quantitative estimate of drug-likeness (QED) is 0.422. The van der Waals surface area contributed by atoms with Crippen molar-refractivity contribution in [1.82, 2.24) is 0 Å². The largest absolute Gasteiger partial charge is 0.393 e. The molecule has 0 amide bonds. The molecule has 3 nitrogen and oxygen atoms in total. The van der Waals surface area contributed by atoms with E-state index in [1.165, 1.54) is 24.0 Å². The van der Waals surface area contributed by atoms with Crippen LogP contribution in [0.3, 0.4) is 0 Å². The van der Waals surface area contributed by atoms with Gasteiger partial charge >= 0.3 is 0 Å². The van der Waals surface area contributed by atoms with Crippen LogP contribution >= 0.6 is 0 Å². The van der Waals surface area contributed by atoms with Gasteiger partial charge in [0.2, 0.25) is 0 Å². The van der Waals surface area contributed by atoms with Crippen LogP contribution in [0.5, 0.6) is 0 Å². The molecule has 0 aliphatic heterocycles. The van der Waals surface area contributed by atoms with E-state index in [1.54, 1.807) is 0 Å². The third-order valence-corrected chi connectivity index (χ3v) is 10.2. The van der Waals surface area contributed by atoms with Crippen molar-refractivity contribution in [2.75, 3.05) is 0 Å². The summed E-state index contributed by atoms with van der Waals surface area (Å²) in [4.78, 5) is 0. The van der Waals surface area contributed by atoms with E-state index in [1.807, 2.05) is 0 Å². The van der Waals surface area contributed by atoms with E-state index < -0.39 is 23.7 Å². The molecule has 3 fully saturated rings. The van der Waals surface area contributed by atoms with Crippen molar-refractivity contribution in [3.63, 3.8) is 0 Å². The Morgan fingerprint density at radius 1 is 1.16 bits per heavy atom. The number of fused-ring (bicyclic) bond motifs is 5. The lowest BCUT2D eigenvalue weighted by atomic mass is 9.45. The molecule has 0 radical (unpaired) electrons. The van der Waals surface area contributed by atoms with Gasteiger partial charge in [0.1, 0.15) is 0 Å². The zero-order valence-corrected chi connectivity index (χ0v) is 20.2. The van der Waals surface area contributed by atoms with Crippen LogP contribution < -0.4 is 0 Å². The Kier molecular flexibility index (Phi) is 6.12. The van der Waals surface area contributed by atoms with E-state index >= 15 is 0 Å². The van der Waals surface area contributed by atoms with E-state index in [9.17, 15) is 15.3 Å². The van der Waals surface area contributed by atoms with E-state index in [0.29, 0.717) is 42.4 Å². The minimum Gasteiger partial charge on any atom is -0.393 e. The minimum absolute atomic E-state index is 0.0957. The minimum atomic E-state index is -0.574. The average molecular weight is 429 g/mol. The molecule has 3 N–H and O–H groups in total. The molecule has 4 aliphatic rings. The Morgan fingerprint density at radius 2 is 1.87 bits per heavy atom. The normalized spacial score (nSPS) is 48.2. The molecule has 0 saturated heterocycles. The molecule has 10 atom stereocenters. The highest BCUT2D eigenvalue weighted by Gasteiger charge is 2.63. The summed E-state index contributed by atoms with van der Waals surface area (Å²) in [6.45, 7) is 15.5. The highest BCUT2D eigenvalue weighted by Crippen LogP contribution is 2.67. The predicted octanol–water partition coefficient (Wildman–Crippen LogP) is 5.27. The van der Waals surface area contributed by atoms with Gasteiger partial charge in [0.25, 0.3) is 0 Å². The summed E-state index contributed by atoms with van der Waals surface area (Å²) in [7, 11) is 0. The van der Waals surface area contributed by atoms with Crippen LogP contribution in [-0.2, 0) is 0 Å². The molecule has 0 aromatic heterocycles. The summed E-state index contributed by atoms with van der Waals surface area (Å²) in [6, 6.07) is 0. The fourth-order valence-corrected chi connectivity index (χ4v) is 8.32. The van der Waals surface area contributed by atoms with Gasteiger partial charge in [0.05, 0.1) is 18.3 Å². The fraction of sp³-hybridized carbons (Fsp3) is 0.786. The molecule has 174 valence electrons. The molecule has 0 aromatic carbocycles. The number of aliphatic hydroxyl groups excluding tert-OH is 3. The Bertz CT molecular complexity index is 766. The maximum atomic E-state index is 11.6. The van der Waals surface area contributed by atoms with Crippen LogP contribution in [0.1, 0.15) is 73.1 Å². The van der Waals surface area contributed by atoms with Crippen molar-refractivity contribution < 1.29 is 15.3 Å². The summed E-state index contributed by atoms with van der Waals surface area (Å²) in [6.07, 6.45) is 10.8. The first-order valence-corrected chi connectivity index (χ1v) is 12.6. The van der Waals surface area contributed by atoms with Crippen molar-refractivity contribution in [3.05, 3.63) is 36.0 Å². The number of hydrogen-bond donors (Lipinski definition) is 3. The predicted molar refractivity (Wildman–Crippen MR) is 126 cm³/mol. The maximum Gasteiger partial charge on any atom is 0.0659 e. The Morgan fingerprint density at radius 3 is 2.55 bits per heavy atom. The van der Waals surface area contributed by atoms with Gasteiger partial charge in [-0.3, -0.25) is 0 Å². The van der Waals surface area contributed by atoms with Crippen LogP contribution in [0.4, 0.5) is 0 Å². The van der Waals surface area contributed by atoms with Gasteiger partial charge in [-0.1, -0.05) is 70.6 Å². The Labute approximate surface area is 189 Å². The summed E-state index contributed by atoms with van der Waals surface area (Å²) in [5, 5.41) is 32.9. The standard InChI is InChI=1S/C28H44O3/c1-16(2)17(3)7-8-18(4)22-11-12-23-21-10-9-19-13-20(29)14-25(31)28(19,6)26(21)24(30)15-27(22,23)5/h7-9,16,18,20-26,29-31H,3,10-15H2,1-2,4-6H3/b8-7+/t18-,20-,21+,22-,23+,24-,25+,26-,27-,28-/m1/s1. The third-order valence-electron chi connectivity index (χ3n) is 10.2. The molecule has 0 heterocycles. The third kappa shape index (κ3) is 3.60. The fourth-order valence-electron chi connectivity index (χ4n) is 8.32. The van der Waals surface area contributed by atoms with Crippen LogP contribution in [0.2, 0.25) is 0 Å². The maximum absolute atomic E-state index is 11.6. The van der Waals surface area contributed by atoms with Crippen molar-refractivity contribution in [2.24, 2.45) is 46.3 Å². The van der Waals surface area contributed by atoms with E-state index in [4.69, 9.17) is 0 Å². The molecular formula is C28H44O3. The molecule has 4 aliphatic carbocycles. The Balaban J connectivity index is 1.61. The van der Waals surface area contributed by atoms with E-state index in [0.717, 1.165) is 12.8 Å². The first kappa shape index (κ1) is 23.3. The lowest BCUT2D eigenvalue weighted by Gasteiger charge is -2.61. The van der Waals surface area contributed by atoms with Crippen LogP contribution in [0.25, 0.3) is 0 Å². The zero-order chi connectivity index (χ0) is 22.7. The van der Waals surface area contributed by atoms with Gasteiger partial charge in [0, 0.05) is 11.8 Å². The van der Waals surface area contributed by atoms with E-state index in [2.05, 4.69) is 59.4 Å². The Hall–Kier alpha value is -0.900. The topological polar surface area (TPSA) is 60.7 Å². The molecule has 0 aromatic rings. The van der Waals surface area contributed by atoms with Gasteiger partial charge in [-0.2, -0.15) is 0 Å². The van der Waals surface area contributed by atoms with Crippen molar-refractivity contribution >= 4 is 0 Å². The lowest BCUT2D eigenvalue weighted by Crippen LogP contribution is -2.60. The smallest absolute Gasteiger partial charge is 0.0659 e. The number of rotatable bonds is 4. The van der Waals surface area contributed by atoms with E-state index in [-0.39, 0.29) is 11.3 Å². The van der Waals surface area contributed by atoms with Crippen LogP contribution in [-0.4, -0.2) is 33.6 Å². The summed E-state index contributed by atoms with van der Waals surface area (Å²) < 4.78 is 0. The molecule has 31 heavy (non-hydrogen) atoms. The number of allylic oxidation sites excluding steroid dienone is 4. The number of aliphatic hydroxyl groups is 3. The SMILES string of the molecule is C=C(/C=C/[C@@H](C)[C@H]1CC[C@H]2[C@@H]3CC=C4C[C@@H](O)C[C@H](O)[C@]4(C)[C@H]3[C@H](O)C[C@]12C)C(C)C. The van der Waals surface area contributed by atoms with Crippen LogP contribution in [0, 0.1) is 46.3 Å². The van der Waals surface area contributed by atoms with Crippen molar-refractivity contribution in [2.45, 2.75) is 91.5 Å². The molecule has 0 unspecified atom stereocenters. The van der Waals surface area contributed by atoms with Gasteiger partial charge in [0.15, 0.2) is 0 Å². The molecule has 0 spiro atoms. The first-order valence-electron chi connectivity index (χ1n) is 12.6. The summed E-state index contributed by atoms with van der Waals surface area (Å²) in [5.41, 5.74) is 2.09. The molecule has 3 saturated carbocycles. The number of hydrogen-bond acceptors (Lipinski definition) is 3.